The summed E-state index contributed by atoms with van der Waals surface area (Å²) in [6, 6.07) is 0. The van der Waals surface area contributed by atoms with Gasteiger partial charge in [-0.1, -0.05) is 0 Å². The molecule has 2 aromatic rings. The highest BCUT2D eigenvalue weighted by Crippen LogP contribution is 2.21. The van der Waals surface area contributed by atoms with Gasteiger partial charge in [-0.25, -0.2) is 19.4 Å². The Hall–Kier alpha value is -1.76. The highest BCUT2D eigenvalue weighted by Gasteiger charge is 2.13. The molecule has 0 saturated heterocycles. The number of hydrogen-bond donors (Lipinski definition) is 0. The summed E-state index contributed by atoms with van der Waals surface area (Å²) in [7, 11) is 1.30. The molecular formula is C11H11BrN4O2. The van der Waals surface area contributed by atoms with Gasteiger partial charge in [0.15, 0.2) is 11.5 Å². The molecule has 0 unspecified atom stereocenters. The largest absolute Gasteiger partial charge is 0.464 e. The van der Waals surface area contributed by atoms with Gasteiger partial charge in [-0.3, -0.25) is 0 Å². The van der Waals surface area contributed by atoms with Gasteiger partial charge in [0.25, 0.3) is 0 Å². The fourth-order valence-electron chi connectivity index (χ4n) is 1.49. The minimum Gasteiger partial charge on any atom is -0.464 e. The maximum absolute atomic E-state index is 11.2. The van der Waals surface area contributed by atoms with Crippen molar-refractivity contribution in [1.29, 1.82) is 0 Å². The predicted molar refractivity (Wildman–Crippen MR) is 67.7 cm³/mol. The second-order valence-electron chi connectivity index (χ2n) is 3.65. The molecule has 0 atom stereocenters. The van der Waals surface area contributed by atoms with E-state index >= 15 is 0 Å². The van der Waals surface area contributed by atoms with Crippen molar-refractivity contribution in [2.24, 2.45) is 0 Å². The topological polar surface area (TPSA) is 69.9 Å². The molecule has 0 N–H and O–H groups in total. The molecule has 2 heterocycles. The van der Waals surface area contributed by atoms with Gasteiger partial charge in [0.2, 0.25) is 0 Å². The van der Waals surface area contributed by atoms with Crippen LogP contribution in [0.4, 0.5) is 0 Å². The average Bonchev–Trinajstić information content (AvgIpc) is 2.66. The number of halogens is 1. The predicted octanol–water partition coefficient (Wildman–Crippen LogP) is 1.83. The van der Waals surface area contributed by atoms with E-state index in [4.69, 9.17) is 0 Å². The van der Waals surface area contributed by atoms with Gasteiger partial charge >= 0.3 is 5.97 Å². The molecule has 0 bridgehead atoms. The van der Waals surface area contributed by atoms with Crippen molar-refractivity contribution < 1.29 is 9.53 Å². The van der Waals surface area contributed by atoms with Crippen molar-refractivity contribution in [3.63, 3.8) is 0 Å². The molecule has 0 aliphatic rings. The van der Waals surface area contributed by atoms with Crippen LogP contribution in [0.5, 0.6) is 0 Å². The van der Waals surface area contributed by atoms with Gasteiger partial charge in [0.05, 0.1) is 35.4 Å². The lowest BCUT2D eigenvalue weighted by molar-refractivity contribution is 0.0593. The van der Waals surface area contributed by atoms with Crippen LogP contribution in [-0.4, -0.2) is 32.8 Å². The van der Waals surface area contributed by atoms with Crippen molar-refractivity contribution in [3.8, 4) is 5.82 Å². The van der Waals surface area contributed by atoms with E-state index < -0.39 is 5.97 Å². The molecule has 0 aliphatic heterocycles. The molecule has 18 heavy (non-hydrogen) atoms. The zero-order valence-electron chi connectivity index (χ0n) is 10.1. The molecular weight excluding hydrogens is 300 g/mol. The number of nitrogens with zero attached hydrogens (tertiary/aromatic N) is 4. The van der Waals surface area contributed by atoms with E-state index in [9.17, 15) is 4.79 Å². The Bertz CT molecular complexity index is 592. The molecule has 7 heteroatoms. The van der Waals surface area contributed by atoms with Gasteiger partial charge in [-0.05, 0) is 29.8 Å². The maximum Gasteiger partial charge on any atom is 0.358 e. The highest BCUT2D eigenvalue weighted by atomic mass is 79.9. The van der Waals surface area contributed by atoms with Crippen LogP contribution in [0.3, 0.4) is 0 Å². The Kier molecular flexibility index (Phi) is 3.42. The summed E-state index contributed by atoms with van der Waals surface area (Å²) in [5.74, 6) is 0.0394. The van der Waals surface area contributed by atoms with E-state index in [-0.39, 0.29) is 5.69 Å². The van der Waals surface area contributed by atoms with Crippen molar-refractivity contribution in [3.05, 3.63) is 33.9 Å². The molecule has 6 nitrogen and oxygen atoms in total. The van der Waals surface area contributed by atoms with Gasteiger partial charge in [-0.15, -0.1) is 0 Å². The molecule has 94 valence electrons. The molecule has 0 radical (unpaired) electrons. The lowest BCUT2D eigenvalue weighted by atomic mass is 10.4. The van der Waals surface area contributed by atoms with Crippen LogP contribution in [0.2, 0.25) is 0 Å². The SMILES string of the molecule is COC(=O)c1cnc(-n2nc(C)c(Br)c2C)cn1. The van der Waals surface area contributed by atoms with Crippen molar-refractivity contribution >= 4 is 21.9 Å². The Morgan fingerprint density at radius 3 is 2.50 bits per heavy atom. The summed E-state index contributed by atoms with van der Waals surface area (Å²) < 4.78 is 7.15. The van der Waals surface area contributed by atoms with Crippen molar-refractivity contribution in [2.45, 2.75) is 13.8 Å². The third-order valence-electron chi connectivity index (χ3n) is 2.45. The molecule has 0 aliphatic carbocycles. The van der Waals surface area contributed by atoms with Crippen LogP contribution >= 0.6 is 15.9 Å². The van der Waals surface area contributed by atoms with E-state index in [0.717, 1.165) is 15.9 Å². The molecule has 0 aromatic carbocycles. The fraction of sp³-hybridized carbons (Fsp3) is 0.273. The van der Waals surface area contributed by atoms with Crippen LogP contribution < -0.4 is 0 Å². The fourth-order valence-corrected chi connectivity index (χ4v) is 1.73. The number of hydrogen-bond acceptors (Lipinski definition) is 5. The lowest BCUT2D eigenvalue weighted by Crippen LogP contribution is -2.08. The third kappa shape index (κ3) is 2.13. The average molecular weight is 311 g/mol. The van der Waals surface area contributed by atoms with Gasteiger partial charge < -0.3 is 4.74 Å². The Labute approximate surface area is 112 Å². The quantitative estimate of drug-likeness (QED) is 0.791. The third-order valence-corrected chi connectivity index (χ3v) is 3.60. The van der Waals surface area contributed by atoms with Crippen LogP contribution in [0, 0.1) is 13.8 Å². The Morgan fingerprint density at radius 1 is 1.33 bits per heavy atom. The summed E-state index contributed by atoms with van der Waals surface area (Å²) in [5.41, 5.74) is 1.96. The van der Waals surface area contributed by atoms with Crippen LogP contribution in [0.25, 0.3) is 5.82 Å². The molecule has 0 fully saturated rings. The first kappa shape index (κ1) is 12.7. The second kappa shape index (κ2) is 4.85. The highest BCUT2D eigenvalue weighted by molar-refractivity contribution is 9.10. The number of methoxy groups -OCH3 is 1. The summed E-state index contributed by atoms with van der Waals surface area (Å²) in [6.45, 7) is 3.81. The van der Waals surface area contributed by atoms with E-state index in [1.54, 1.807) is 4.68 Å². The summed E-state index contributed by atoms with van der Waals surface area (Å²) in [6.07, 6.45) is 2.85. The van der Waals surface area contributed by atoms with E-state index in [1.807, 2.05) is 13.8 Å². The number of carbonyl (C=O) groups excluding carboxylic acids is 1. The van der Waals surface area contributed by atoms with E-state index in [2.05, 4.69) is 35.7 Å². The van der Waals surface area contributed by atoms with E-state index in [1.165, 1.54) is 19.5 Å². The first-order chi connectivity index (χ1) is 8.54. The normalized spacial score (nSPS) is 10.4. The summed E-state index contributed by atoms with van der Waals surface area (Å²) in [5, 5.41) is 4.33. The molecule has 0 saturated carbocycles. The number of rotatable bonds is 2. The zero-order valence-corrected chi connectivity index (χ0v) is 11.7. The van der Waals surface area contributed by atoms with E-state index in [0.29, 0.717) is 5.82 Å². The van der Waals surface area contributed by atoms with Gasteiger partial charge in [0, 0.05) is 0 Å². The number of carbonyl (C=O) groups is 1. The number of aromatic nitrogens is 4. The van der Waals surface area contributed by atoms with Crippen LogP contribution in [0.15, 0.2) is 16.9 Å². The molecule has 0 amide bonds. The minimum atomic E-state index is -0.511. The minimum absolute atomic E-state index is 0.168. The standard InChI is InChI=1S/C11H11BrN4O2/c1-6-10(12)7(2)16(15-6)9-5-13-8(4-14-9)11(17)18-3/h4-5H,1-3H3. The molecule has 0 spiro atoms. The number of esters is 1. The molecule has 2 rings (SSSR count). The van der Waals surface area contributed by atoms with Crippen LogP contribution in [0.1, 0.15) is 21.9 Å². The number of aryl methyl sites for hydroxylation is 1. The lowest BCUT2D eigenvalue weighted by Gasteiger charge is -2.03. The number of ether oxygens (including phenoxy) is 1. The maximum atomic E-state index is 11.2. The van der Waals surface area contributed by atoms with Crippen LogP contribution in [-0.2, 0) is 4.74 Å². The smallest absolute Gasteiger partial charge is 0.358 e. The first-order valence-electron chi connectivity index (χ1n) is 5.17. The van der Waals surface area contributed by atoms with Gasteiger partial charge in [0.1, 0.15) is 0 Å². The summed E-state index contributed by atoms with van der Waals surface area (Å²) >= 11 is 3.44. The molecule has 2 aromatic heterocycles. The van der Waals surface area contributed by atoms with Gasteiger partial charge in [-0.2, -0.15) is 5.10 Å². The Morgan fingerprint density at radius 2 is 2.06 bits per heavy atom. The monoisotopic (exact) mass is 310 g/mol. The van der Waals surface area contributed by atoms with Crippen molar-refractivity contribution in [1.82, 2.24) is 19.7 Å². The zero-order chi connectivity index (χ0) is 13.3. The van der Waals surface area contributed by atoms with Crippen molar-refractivity contribution in [2.75, 3.05) is 7.11 Å². The first-order valence-corrected chi connectivity index (χ1v) is 5.96. The second-order valence-corrected chi connectivity index (χ2v) is 4.44. The Balaban J connectivity index is 2.40. The summed E-state index contributed by atoms with van der Waals surface area (Å²) in [4.78, 5) is 19.4.